The van der Waals surface area contributed by atoms with Crippen LogP contribution in [-0.2, 0) is 0 Å². The van der Waals surface area contributed by atoms with E-state index in [1.807, 2.05) is 29.2 Å². The smallest absolute Gasteiger partial charge is 0.0731 e. The Bertz CT molecular complexity index is 476. The maximum atomic E-state index is 5.45. The number of nitrogens with one attached hydrogen (secondary N) is 1. The molecule has 0 aliphatic rings. The summed E-state index contributed by atoms with van der Waals surface area (Å²) in [6, 6.07) is 8.19. The normalized spacial score (nSPS) is 10.5. The summed E-state index contributed by atoms with van der Waals surface area (Å²) in [5, 5.41) is 7.64. The minimum Gasteiger partial charge on any atom is -0.382 e. The number of benzene rings is 1. The van der Waals surface area contributed by atoms with Crippen LogP contribution in [0.1, 0.15) is 12.0 Å². The van der Waals surface area contributed by atoms with Gasteiger partial charge in [0.15, 0.2) is 0 Å². The molecule has 0 aliphatic heterocycles. The Kier molecular flexibility index (Phi) is 3.77. The second kappa shape index (κ2) is 5.50. The minimum atomic E-state index is 0.707. The topological polar surface area (TPSA) is 55.9 Å². The SMILES string of the molecule is Cc1ccccc1-n1cc(NCCCN)cn1. The molecule has 1 heterocycles. The minimum absolute atomic E-state index is 0.707. The average Bonchev–Trinajstić information content (AvgIpc) is 2.79. The zero-order valence-electron chi connectivity index (χ0n) is 10.1. The summed E-state index contributed by atoms with van der Waals surface area (Å²) in [6.07, 6.45) is 4.80. The highest BCUT2D eigenvalue weighted by molar-refractivity contribution is 5.45. The molecule has 2 aromatic rings. The van der Waals surface area contributed by atoms with Crippen LogP contribution in [0.15, 0.2) is 36.7 Å². The molecule has 17 heavy (non-hydrogen) atoms. The van der Waals surface area contributed by atoms with E-state index in [0.29, 0.717) is 6.54 Å². The quantitative estimate of drug-likeness (QED) is 0.772. The van der Waals surface area contributed by atoms with Crippen molar-refractivity contribution in [3.63, 3.8) is 0 Å². The Morgan fingerprint density at radius 3 is 2.94 bits per heavy atom. The number of hydrogen-bond acceptors (Lipinski definition) is 3. The van der Waals surface area contributed by atoms with Crippen LogP contribution in [0.25, 0.3) is 5.69 Å². The van der Waals surface area contributed by atoms with E-state index in [1.165, 1.54) is 5.56 Å². The van der Waals surface area contributed by atoms with E-state index in [1.54, 1.807) is 0 Å². The van der Waals surface area contributed by atoms with Gasteiger partial charge in [-0.1, -0.05) is 18.2 Å². The van der Waals surface area contributed by atoms with Crippen LogP contribution in [0, 0.1) is 6.92 Å². The molecule has 1 aromatic carbocycles. The summed E-state index contributed by atoms with van der Waals surface area (Å²) in [4.78, 5) is 0. The molecular weight excluding hydrogens is 212 g/mol. The summed E-state index contributed by atoms with van der Waals surface area (Å²) in [5.74, 6) is 0. The van der Waals surface area contributed by atoms with Gasteiger partial charge in [-0.2, -0.15) is 5.10 Å². The fourth-order valence-electron chi connectivity index (χ4n) is 1.70. The van der Waals surface area contributed by atoms with Crippen LogP contribution in [0.2, 0.25) is 0 Å². The van der Waals surface area contributed by atoms with Crippen LogP contribution in [0.5, 0.6) is 0 Å². The summed E-state index contributed by atoms with van der Waals surface area (Å²) in [5.41, 5.74) is 8.80. The highest BCUT2D eigenvalue weighted by Gasteiger charge is 2.02. The first-order chi connectivity index (χ1) is 8.31. The number of anilines is 1. The standard InChI is InChI=1S/C13H18N4/c1-11-5-2-3-6-13(11)17-10-12(9-16-17)15-8-4-7-14/h2-3,5-6,9-10,15H,4,7-8,14H2,1H3. The Hall–Kier alpha value is -1.81. The van der Waals surface area contributed by atoms with Crippen molar-refractivity contribution in [3.8, 4) is 5.69 Å². The summed E-state index contributed by atoms with van der Waals surface area (Å²) >= 11 is 0. The lowest BCUT2D eigenvalue weighted by atomic mass is 10.2. The van der Waals surface area contributed by atoms with Crippen molar-refractivity contribution in [1.82, 2.24) is 9.78 Å². The van der Waals surface area contributed by atoms with E-state index in [2.05, 4.69) is 29.5 Å². The third-order valence-electron chi connectivity index (χ3n) is 2.65. The number of aromatic nitrogens is 2. The number of nitrogens with zero attached hydrogens (tertiary/aromatic N) is 2. The van der Waals surface area contributed by atoms with Gasteiger partial charge in [-0.05, 0) is 31.5 Å². The molecule has 0 atom stereocenters. The van der Waals surface area contributed by atoms with Crippen LogP contribution in [0.4, 0.5) is 5.69 Å². The van der Waals surface area contributed by atoms with E-state index in [9.17, 15) is 0 Å². The average molecular weight is 230 g/mol. The second-order valence-electron chi connectivity index (χ2n) is 4.03. The predicted octanol–water partition coefficient (Wildman–Crippen LogP) is 1.94. The van der Waals surface area contributed by atoms with Crippen LogP contribution in [-0.4, -0.2) is 22.9 Å². The van der Waals surface area contributed by atoms with Gasteiger partial charge in [0.1, 0.15) is 0 Å². The summed E-state index contributed by atoms with van der Waals surface area (Å²) in [7, 11) is 0. The summed E-state index contributed by atoms with van der Waals surface area (Å²) in [6.45, 7) is 3.67. The molecule has 3 N–H and O–H groups in total. The molecule has 0 saturated heterocycles. The third-order valence-corrected chi connectivity index (χ3v) is 2.65. The third kappa shape index (κ3) is 2.85. The van der Waals surface area contributed by atoms with Gasteiger partial charge in [-0.15, -0.1) is 0 Å². The Morgan fingerprint density at radius 1 is 1.35 bits per heavy atom. The molecule has 4 nitrogen and oxygen atoms in total. The lowest BCUT2D eigenvalue weighted by Gasteiger charge is -2.04. The fourth-order valence-corrected chi connectivity index (χ4v) is 1.70. The first-order valence-electron chi connectivity index (χ1n) is 5.86. The van der Waals surface area contributed by atoms with Gasteiger partial charge in [0, 0.05) is 6.54 Å². The fraction of sp³-hybridized carbons (Fsp3) is 0.308. The van der Waals surface area contributed by atoms with Crippen molar-refractivity contribution in [2.75, 3.05) is 18.4 Å². The molecule has 0 spiro atoms. The highest BCUT2D eigenvalue weighted by Crippen LogP contribution is 2.15. The van der Waals surface area contributed by atoms with Crippen molar-refractivity contribution >= 4 is 5.69 Å². The van der Waals surface area contributed by atoms with Gasteiger partial charge in [-0.25, -0.2) is 4.68 Å². The van der Waals surface area contributed by atoms with Crippen molar-refractivity contribution in [2.24, 2.45) is 5.73 Å². The van der Waals surface area contributed by atoms with Crippen LogP contribution < -0.4 is 11.1 Å². The number of para-hydroxylation sites is 1. The van der Waals surface area contributed by atoms with Gasteiger partial charge in [0.25, 0.3) is 0 Å². The zero-order valence-corrected chi connectivity index (χ0v) is 10.1. The van der Waals surface area contributed by atoms with Crippen molar-refractivity contribution in [1.29, 1.82) is 0 Å². The summed E-state index contributed by atoms with van der Waals surface area (Å²) < 4.78 is 1.89. The predicted molar refractivity (Wildman–Crippen MR) is 70.5 cm³/mol. The van der Waals surface area contributed by atoms with Crippen LogP contribution in [0.3, 0.4) is 0 Å². The number of hydrogen-bond donors (Lipinski definition) is 2. The molecule has 0 unspecified atom stereocenters. The zero-order chi connectivity index (χ0) is 12.1. The first kappa shape index (κ1) is 11.7. The number of nitrogens with two attached hydrogens (primary N) is 1. The molecule has 0 saturated carbocycles. The van der Waals surface area contributed by atoms with E-state index >= 15 is 0 Å². The van der Waals surface area contributed by atoms with E-state index < -0.39 is 0 Å². The van der Waals surface area contributed by atoms with Gasteiger partial charge in [-0.3, -0.25) is 0 Å². The monoisotopic (exact) mass is 230 g/mol. The molecule has 0 bridgehead atoms. The molecule has 90 valence electrons. The Labute approximate surface area is 101 Å². The lowest BCUT2D eigenvalue weighted by molar-refractivity contribution is 0.869. The maximum absolute atomic E-state index is 5.45. The van der Waals surface area contributed by atoms with Gasteiger partial charge >= 0.3 is 0 Å². The van der Waals surface area contributed by atoms with Crippen molar-refractivity contribution in [2.45, 2.75) is 13.3 Å². The second-order valence-corrected chi connectivity index (χ2v) is 4.03. The van der Waals surface area contributed by atoms with Gasteiger partial charge in [0.2, 0.25) is 0 Å². The van der Waals surface area contributed by atoms with Gasteiger partial charge in [0.05, 0.1) is 23.8 Å². The van der Waals surface area contributed by atoms with E-state index in [4.69, 9.17) is 5.73 Å². The molecule has 0 fully saturated rings. The van der Waals surface area contributed by atoms with Gasteiger partial charge < -0.3 is 11.1 Å². The first-order valence-corrected chi connectivity index (χ1v) is 5.86. The molecular formula is C13H18N4. The van der Waals surface area contributed by atoms with E-state index in [0.717, 1.165) is 24.3 Å². The van der Waals surface area contributed by atoms with Crippen LogP contribution >= 0.6 is 0 Å². The molecule has 0 aliphatic carbocycles. The molecule has 0 amide bonds. The highest BCUT2D eigenvalue weighted by atomic mass is 15.3. The number of aryl methyl sites for hydroxylation is 1. The lowest BCUT2D eigenvalue weighted by Crippen LogP contribution is -2.07. The van der Waals surface area contributed by atoms with Crippen molar-refractivity contribution < 1.29 is 0 Å². The Balaban J connectivity index is 2.10. The van der Waals surface area contributed by atoms with Crippen molar-refractivity contribution in [3.05, 3.63) is 42.2 Å². The molecule has 0 radical (unpaired) electrons. The Morgan fingerprint density at radius 2 is 2.18 bits per heavy atom. The maximum Gasteiger partial charge on any atom is 0.0731 e. The largest absolute Gasteiger partial charge is 0.382 e. The molecule has 1 aromatic heterocycles. The molecule has 2 rings (SSSR count). The molecule has 4 heteroatoms. The van der Waals surface area contributed by atoms with E-state index in [-0.39, 0.29) is 0 Å². The number of rotatable bonds is 5.